The van der Waals surface area contributed by atoms with Crippen molar-refractivity contribution in [2.45, 2.75) is 55.6 Å². The maximum atomic E-state index is 13.6. The second-order valence-corrected chi connectivity index (χ2v) is 10.8. The van der Waals surface area contributed by atoms with Crippen LogP contribution in [0.2, 0.25) is 0 Å². The number of sulfonamides is 1. The van der Waals surface area contributed by atoms with E-state index in [1.807, 2.05) is 18.0 Å². The van der Waals surface area contributed by atoms with Crippen molar-refractivity contribution in [1.82, 2.24) is 19.4 Å². The smallest absolute Gasteiger partial charge is 0.263 e. The van der Waals surface area contributed by atoms with Crippen LogP contribution in [0, 0.1) is 11.3 Å². The number of nitriles is 1. The van der Waals surface area contributed by atoms with Gasteiger partial charge in [-0.2, -0.15) is 10.4 Å². The minimum absolute atomic E-state index is 0.0669. The molecule has 0 radical (unpaired) electrons. The van der Waals surface area contributed by atoms with Gasteiger partial charge in [0.25, 0.3) is 5.91 Å². The average molecular weight is 468 g/mol. The van der Waals surface area contributed by atoms with Crippen molar-refractivity contribution in [1.29, 1.82) is 5.26 Å². The first kappa shape index (κ1) is 21.6. The van der Waals surface area contributed by atoms with Gasteiger partial charge in [-0.3, -0.25) is 19.4 Å². The molecule has 1 aromatic carbocycles. The Labute approximate surface area is 192 Å². The Morgan fingerprint density at radius 3 is 2.79 bits per heavy atom. The fourth-order valence-corrected chi connectivity index (χ4v) is 5.82. The molecular formula is C22H25N7O3S. The predicted molar refractivity (Wildman–Crippen MR) is 121 cm³/mol. The van der Waals surface area contributed by atoms with Gasteiger partial charge in [0.2, 0.25) is 16.0 Å². The molecule has 5 rings (SSSR count). The number of aryl methyl sites for hydroxylation is 1. The topological polar surface area (TPSA) is 124 Å². The monoisotopic (exact) mass is 467 g/mol. The number of aliphatic imine (C=N–C) groups is 1. The second kappa shape index (κ2) is 7.67. The van der Waals surface area contributed by atoms with Gasteiger partial charge in [0.05, 0.1) is 47.5 Å². The number of carbonyl (C=O) groups excluding carboxylic acids is 1. The Balaban J connectivity index is 1.55. The van der Waals surface area contributed by atoms with E-state index in [1.54, 1.807) is 28.9 Å². The normalized spacial score (nSPS) is 20.8. The molecule has 1 atom stereocenters. The molecule has 10 nitrogen and oxygen atoms in total. The van der Waals surface area contributed by atoms with Gasteiger partial charge >= 0.3 is 0 Å². The standard InChI is InChI=1S/C22H25N7O3S/c1-22(7-8-22)26-33(31,32)17-5-6-19-18(10-17)20(30)28(14-15-11-25-27(2)13-15)21-24-12-16(29(19)21)4-3-9-23/h5-6,10-11,13,16,26H,3-4,7-8,12,14H2,1-2H3/t16-/m0/s1. The van der Waals surface area contributed by atoms with Crippen LogP contribution in [0.15, 0.2) is 40.5 Å². The highest BCUT2D eigenvalue weighted by Crippen LogP contribution is 2.38. The van der Waals surface area contributed by atoms with E-state index in [0.29, 0.717) is 36.6 Å². The number of nitrogens with zero attached hydrogens (tertiary/aromatic N) is 6. The second-order valence-electron chi connectivity index (χ2n) is 9.12. The number of anilines is 1. The molecular weight excluding hydrogens is 442 g/mol. The summed E-state index contributed by atoms with van der Waals surface area (Å²) >= 11 is 0. The van der Waals surface area contributed by atoms with Crippen molar-refractivity contribution in [2.24, 2.45) is 12.0 Å². The van der Waals surface area contributed by atoms with Gasteiger partial charge in [-0.25, -0.2) is 13.1 Å². The van der Waals surface area contributed by atoms with Crippen molar-refractivity contribution in [3.63, 3.8) is 0 Å². The molecule has 0 unspecified atom stereocenters. The molecule has 0 saturated heterocycles. The van der Waals surface area contributed by atoms with E-state index in [2.05, 4.69) is 20.9 Å². The number of nitrogens with one attached hydrogen (secondary N) is 1. The summed E-state index contributed by atoms with van der Waals surface area (Å²) < 4.78 is 30.3. The average Bonchev–Trinajstić information content (AvgIpc) is 3.15. The Morgan fingerprint density at radius 2 is 2.12 bits per heavy atom. The molecule has 1 aliphatic carbocycles. The number of rotatable bonds is 7. The van der Waals surface area contributed by atoms with Crippen molar-refractivity contribution < 1.29 is 13.2 Å². The molecule has 1 saturated carbocycles. The number of guanidine groups is 1. The lowest BCUT2D eigenvalue weighted by atomic mass is 10.0. The molecule has 1 N–H and O–H groups in total. The SMILES string of the molecule is Cn1cc(CN2C(=O)c3cc(S(=O)(=O)NC4(C)CC4)ccc3N3C2=NC[C@@H]3CCC#N)cn1. The summed E-state index contributed by atoms with van der Waals surface area (Å²) in [6.07, 6.45) is 6.07. The number of hydrogen-bond donors (Lipinski definition) is 1. The van der Waals surface area contributed by atoms with Gasteiger partial charge in [0.15, 0.2) is 0 Å². The lowest BCUT2D eigenvalue weighted by Gasteiger charge is -2.38. The summed E-state index contributed by atoms with van der Waals surface area (Å²) in [5.41, 5.74) is 1.36. The van der Waals surface area contributed by atoms with Gasteiger partial charge in [-0.05, 0) is 44.4 Å². The molecule has 1 aromatic heterocycles. The van der Waals surface area contributed by atoms with E-state index in [-0.39, 0.29) is 23.4 Å². The van der Waals surface area contributed by atoms with Gasteiger partial charge < -0.3 is 4.90 Å². The molecule has 33 heavy (non-hydrogen) atoms. The lowest BCUT2D eigenvalue weighted by Crippen LogP contribution is -2.52. The highest BCUT2D eigenvalue weighted by atomic mass is 32.2. The molecule has 0 bridgehead atoms. The van der Waals surface area contributed by atoms with Gasteiger partial charge in [0, 0.05) is 30.8 Å². The Kier molecular flexibility index (Phi) is 5.02. The third-order valence-electron chi connectivity index (χ3n) is 6.35. The molecule has 0 spiro atoms. The zero-order valence-corrected chi connectivity index (χ0v) is 19.3. The van der Waals surface area contributed by atoms with Crippen LogP contribution in [0.5, 0.6) is 0 Å². The quantitative estimate of drug-likeness (QED) is 0.662. The van der Waals surface area contributed by atoms with E-state index >= 15 is 0 Å². The van der Waals surface area contributed by atoms with Gasteiger partial charge in [0.1, 0.15) is 0 Å². The number of benzene rings is 1. The molecule has 172 valence electrons. The first-order valence-electron chi connectivity index (χ1n) is 10.9. The van der Waals surface area contributed by atoms with Gasteiger partial charge in [-0.15, -0.1) is 0 Å². The van der Waals surface area contributed by atoms with Crippen LogP contribution in [0.3, 0.4) is 0 Å². The van der Waals surface area contributed by atoms with Crippen LogP contribution < -0.4 is 9.62 Å². The maximum absolute atomic E-state index is 13.6. The summed E-state index contributed by atoms with van der Waals surface area (Å²) in [6, 6.07) is 6.77. The molecule has 1 amide bonds. The molecule has 2 aromatic rings. The third kappa shape index (κ3) is 3.89. The minimum Gasteiger partial charge on any atom is -0.306 e. The van der Waals surface area contributed by atoms with Crippen LogP contribution in [0.4, 0.5) is 5.69 Å². The Bertz CT molecular complexity index is 1300. The van der Waals surface area contributed by atoms with Crippen LogP contribution in [0.25, 0.3) is 0 Å². The van der Waals surface area contributed by atoms with E-state index in [1.165, 1.54) is 12.1 Å². The maximum Gasteiger partial charge on any atom is 0.263 e. The van der Waals surface area contributed by atoms with E-state index in [4.69, 9.17) is 5.26 Å². The fourth-order valence-electron chi connectivity index (χ4n) is 4.33. The predicted octanol–water partition coefficient (Wildman–Crippen LogP) is 1.76. The van der Waals surface area contributed by atoms with E-state index in [0.717, 1.165) is 18.4 Å². The van der Waals surface area contributed by atoms with Gasteiger partial charge in [-0.1, -0.05) is 0 Å². The number of aromatic nitrogens is 2. The zero-order valence-electron chi connectivity index (χ0n) is 18.5. The molecule has 3 aliphatic rings. The number of hydrogen-bond acceptors (Lipinski definition) is 7. The Hall–Kier alpha value is -3.23. The highest BCUT2D eigenvalue weighted by molar-refractivity contribution is 7.89. The summed E-state index contributed by atoms with van der Waals surface area (Å²) in [5, 5.41) is 13.3. The summed E-state index contributed by atoms with van der Waals surface area (Å²) in [6.45, 7) is 2.60. The number of amides is 1. The highest BCUT2D eigenvalue weighted by Gasteiger charge is 2.44. The molecule has 1 fully saturated rings. The zero-order chi connectivity index (χ0) is 23.4. The van der Waals surface area contributed by atoms with Crippen molar-refractivity contribution in [3.05, 3.63) is 41.7 Å². The van der Waals surface area contributed by atoms with Crippen LogP contribution in [0.1, 0.15) is 48.5 Å². The van der Waals surface area contributed by atoms with E-state index < -0.39 is 15.6 Å². The first-order valence-corrected chi connectivity index (χ1v) is 12.4. The summed E-state index contributed by atoms with van der Waals surface area (Å²) in [5.74, 6) is 0.220. The van der Waals surface area contributed by atoms with Crippen molar-refractivity contribution in [2.75, 3.05) is 11.4 Å². The molecule has 11 heteroatoms. The first-order chi connectivity index (χ1) is 15.7. The summed E-state index contributed by atoms with van der Waals surface area (Å²) in [4.78, 5) is 21.8. The molecule has 3 heterocycles. The molecule has 2 aliphatic heterocycles. The van der Waals surface area contributed by atoms with Crippen molar-refractivity contribution >= 4 is 27.6 Å². The number of fused-ring (bicyclic) bond motifs is 3. The van der Waals surface area contributed by atoms with Crippen LogP contribution in [-0.4, -0.2) is 53.1 Å². The lowest BCUT2D eigenvalue weighted by molar-refractivity contribution is 0.0832. The number of carbonyl (C=O) groups is 1. The minimum atomic E-state index is -3.76. The summed E-state index contributed by atoms with van der Waals surface area (Å²) in [7, 11) is -1.96. The Morgan fingerprint density at radius 1 is 1.33 bits per heavy atom. The van der Waals surface area contributed by atoms with Crippen LogP contribution >= 0.6 is 0 Å². The largest absolute Gasteiger partial charge is 0.306 e. The van der Waals surface area contributed by atoms with Crippen molar-refractivity contribution in [3.8, 4) is 6.07 Å². The fraction of sp³-hybridized carbons (Fsp3) is 0.455. The van der Waals surface area contributed by atoms with E-state index in [9.17, 15) is 13.2 Å². The third-order valence-corrected chi connectivity index (χ3v) is 7.98. The van der Waals surface area contributed by atoms with Crippen LogP contribution in [-0.2, 0) is 23.6 Å².